The van der Waals surface area contributed by atoms with Crippen LogP contribution in [0.1, 0.15) is 12.5 Å². The van der Waals surface area contributed by atoms with Gasteiger partial charge in [0.05, 0.1) is 18.0 Å². The molecule has 1 heterocycles. The fraction of sp³-hybridized carbons (Fsp3) is 0.263. The molecule has 0 saturated heterocycles. The van der Waals surface area contributed by atoms with Gasteiger partial charge in [-0.2, -0.15) is 0 Å². The Labute approximate surface area is 168 Å². The van der Waals surface area contributed by atoms with E-state index in [9.17, 15) is 18.3 Å². The van der Waals surface area contributed by atoms with Gasteiger partial charge in [0.1, 0.15) is 5.84 Å². The molecule has 2 aromatic carbocycles. The van der Waals surface area contributed by atoms with Crippen molar-refractivity contribution < 1.29 is 23.1 Å². The summed E-state index contributed by atoms with van der Waals surface area (Å²) in [5, 5.41) is 11.3. The van der Waals surface area contributed by atoms with E-state index >= 15 is 0 Å². The zero-order valence-electron chi connectivity index (χ0n) is 15.3. The van der Waals surface area contributed by atoms with E-state index in [4.69, 9.17) is 16.3 Å². The molecule has 0 radical (unpaired) electrons. The van der Waals surface area contributed by atoms with Crippen LogP contribution in [0.5, 0.6) is 0 Å². The van der Waals surface area contributed by atoms with Crippen molar-refractivity contribution in [3.05, 3.63) is 59.1 Å². The van der Waals surface area contributed by atoms with Crippen molar-refractivity contribution in [2.45, 2.75) is 17.5 Å². The summed E-state index contributed by atoms with van der Waals surface area (Å²) in [5.41, 5.74) is -0.862. The van der Waals surface area contributed by atoms with E-state index in [-0.39, 0.29) is 18.0 Å². The van der Waals surface area contributed by atoms with E-state index in [2.05, 4.69) is 4.99 Å². The van der Waals surface area contributed by atoms with Gasteiger partial charge in [-0.1, -0.05) is 11.6 Å². The second kappa shape index (κ2) is 7.54. The lowest BCUT2D eigenvalue weighted by atomic mass is 10.1. The van der Waals surface area contributed by atoms with Crippen LogP contribution >= 0.6 is 11.6 Å². The molecule has 0 bridgehead atoms. The van der Waals surface area contributed by atoms with Crippen LogP contribution in [-0.2, 0) is 19.4 Å². The molecule has 7 nitrogen and oxygen atoms in total. The number of benzene rings is 2. The molecule has 148 valence electrons. The van der Waals surface area contributed by atoms with Gasteiger partial charge in [-0.15, -0.1) is 0 Å². The molecular weight excluding hydrogens is 404 g/mol. The predicted octanol–water partition coefficient (Wildman–Crippen LogP) is 2.26. The van der Waals surface area contributed by atoms with E-state index in [1.54, 1.807) is 48.2 Å². The average Bonchev–Trinajstić information content (AvgIpc) is 3.01. The number of ether oxygens (including phenoxy) is 1. The SMILES string of the molecule is CCOC(=O)C1(O)CN(c2ccc(S(C)(=O)=O)cc2)C(c2ccc(Cl)cc2)=N1. The van der Waals surface area contributed by atoms with Crippen molar-refractivity contribution in [1.82, 2.24) is 0 Å². The summed E-state index contributed by atoms with van der Waals surface area (Å²) in [5.74, 6) is -0.504. The smallest absolute Gasteiger partial charge is 0.363 e. The fourth-order valence-electron chi connectivity index (χ4n) is 2.83. The number of esters is 1. The van der Waals surface area contributed by atoms with Crippen molar-refractivity contribution in [3.8, 4) is 0 Å². The van der Waals surface area contributed by atoms with Crippen LogP contribution in [-0.4, -0.2) is 50.5 Å². The van der Waals surface area contributed by atoms with Crippen LogP contribution in [0.4, 0.5) is 5.69 Å². The minimum atomic E-state index is -3.34. The Balaban J connectivity index is 2.04. The van der Waals surface area contributed by atoms with Crippen molar-refractivity contribution in [1.29, 1.82) is 0 Å². The van der Waals surface area contributed by atoms with Crippen molar-refractivity contribution >= 4 is 38.9 Å². The lowest BCUT2D eigenvalue weighted by Gasteiger charge is -2.23. The standard InChI is InChI=1S/C19H19ClN2O5S/c1-3-27-18(23)19(24)12-22(15-8-10-16(11-9-15)28(2,25)26)17(21-19)13-4-6-14(20)7-5-13/h4-11,24H,3,12H2,1-2H3. The van der Waals surface area contributed by atoms with Gasteiger partial charge in [0.15, 0.2) is 9.84 Å². The van der Waals surface area contributed by atoms with Crippen molar-refractivity contribution in [3.63, 3.8) is 0 Å². The normalized spacial score (nSPS) is 19.4. The number of amidine groups is 1. The second-order valence-corrected chi connectivity index (χ2v) is 8.78. The Hall–Kier alpha value is -2.42. The third kappa shape index (κ3) is 4.04. The third-order valence-electron chi connectivity index (χ3n) is 4.21. The molecule has 3 rings (SSSR count). The molecule has 9 heteroatoms. The van der Waals surface area contributed by atoms with E-state index in [0.717, 1.165) is 6.26 Å². The monoisotopic (exact) mass is 422 g/mol. The molecule has 0 aliphatic carbocycles. The number of aliphatic hydroxyl groups is 1. The zero-order valence-corrected chi connectivity index (χ0v) is 16.9. The zero-order chi connectivity index (χ0) is 20.5. The number of carbonyl (C=O) groups is 1. The molecule has 0 saturated carbocycles. The average molecular weight is 423 g/mol. The molecule has 0 spiro atoms. The van der Waals surface area contributed by atoms with E-state index in [0.29, 0.717) is 22.1 Å². The summed E-state index contributed by atoms with van der Waals surface area (Å²) in [6, 6.07) is 12.9. The number of hydrogen-bond donors (Lipinski definition) is 1. The predicted molar refractivity (Wildman–Crippen MR) is 106 cm³/mol. The number of aliphatic imine (C=N–C) groups is 1. The highest BCUT2D eigenvalue weighted by Crippen LogP contribution is 2.30. The molecule has 0 aromatic heterocycles. The number of sulfone groups is 1. The highest BCUT2D eigenvalue weighted by atomic mass is 35.5. The largest absolute Gasteiger partial charge is 0.462 e. The Bertz CT molecular complexity index is 1020. The maximum absolute atomic E-state index is 12.3. The third-order valence-corrected chi connectivity index (χ3v) is 5.59. The molecule has 1 atom stereocenters. The molecule has 0 amide bonds. The van der Waals surface area contributed by atoms with Gasteiger partial charge >= 0.3 is 5.97 Å². The number of carbonyl (C=O) groups excluding carboxylic acids is 1. The van der Waals surface area contributed by atoms with Gasteiger partial charge in [-0.25, -0.2) is 18.2 Å². The lowest BCUT2D eigenvalue weighted by molar-refractivity contribution is -0.162. The van der Waals surface area contributed by atoms with Crippen LogP contribution in [0.15, 0.2) is 58.4 Å². The number of β-amino-alcohol motifs (C(OH)–C–C–N with tert-alkyl or cyclic N) is 1. The summed E-state index contributed by atoms with van der Waals surface area (Å²) in [6.07, 6.45) is 1.12. The Kier molecular flexibility index (Phi) is 5.47. The van der Waals surface area contributed by atoms with E-state index in [1.807, 2.05) is 0 Å². The van der Waals surface area contributed by atoms with E-state index < -0.39 is 21.5 Å². The number of anilines is 1. The quantitative estimate of drug-likeness (QED) is 0.742. The minimum Gasteiger partial charge on any atom is -0.462 e. The maximum Gasteiger partial charge on any atom is 0.363 e. The Morgan fingerprint density at radius 1 is 1.21 bits per heavy atom. The Morgan fingerprint density at radius 3 is 2.36 bits per heavy atom. The van der Waals surface area contributed by atoms with Gasteiger partial charge in [0.2, 0.25) is 0 Å². The van der Waals surface area contributed by atoms with Crippen LogP contribution < -0.4 is 4.90 Å². The first-order valence-electron chi connectivity index (χ1n) is 8.47. The van der Waals surface area contributed by atoms with Crippen LogP contribution in [0, 0.1) is 0 Å². The summed E-state index contributed by atoms with van der Waals surface area (Å²) < 4.78 is 28.3. The number of hydrogen-bond acceptors (Lipinski definition) is 7. The highest BCUT2D eigenvalue weighted by molar-refractivity contribution is 7.90. The Morgan fingerprint density at radius 2 is 1.82 bits per heavy atom. The first-order valence-corrected chi connectivity index (χ1v) is 10.7. The second-order valence-electron chi connectivity index (χ2n) is 6.33. The summed E-state index contributed by atoms with van der Waals surface area (Å²) in [4.78, 5) is 18.3. The van der Waals surface area contributed by atoms with Gasteiger partial charge in [-0.3, -0.25) is 0 Å². The van der Waals surface area contributed by atoms with Gasteiger partial charge in [0.25, 0.3) is 5.72 Å². The van der Waals surface area contributed by atoms with Crippen molar-refractivity contribution in [2.75, 3.05) is 24.3 Å². The van der Waals surface area contributed by atoms with Gasteiger partial charge < -0.3 is 14.7 Å². The number of halogens is 1. The van der Waals surface area contributed by atoms with Crippen LogP contribution in [0.2, 0.25) is 5.02 Å². The van der Waals surface area contributed by atoms with Gasteiger partial charge in [0, 0.05) is 22.5 Å². The first-order chi connectivity index (χ1) is 13.1. The van der Waals surface area contributed by atoms with Crippen molar-refractivity contribution in [2.24, 2.45) is 4.99 Å². The molecule has 1 aliphatic heterocycles. The van der Waals surface area contributed by atoms with Crippen LogP contribution in [0.3, 0.4) is 0 Å². The highest BCUT2D eigenvalue weighted by Gasteiger charge is 2.46. The molecule has 1 unspecified atom stereocenters. The number of rotatable bonds is 5. The number of nitrogens with zero attached hydrogens (tertiary/aromatic N) is 2. The summed E-state index contributed by atoms with van der Waals surface area (Å²) in [6.45, 7) is 1.58. The minimum absolute atomic E-state index is 0.107. The summed E-state index contributed by atoms with van der Waals surface area (Å²) in [7, 11) is -3.34. The fourth-order valence-corrected chi connectivity index (χ4v) is 3.59. The topological polar surface area (TPSA) is 96.3 Å². The molecule has 1 N–H and O–H groups in total. The molecule has 0 fully saturated rings. The van der Waals surface area contributed by atoms with Crippen LogP contribution in [0.25, 0.3) is 0 Å². The first kappa shape index (κ1) is 20.3. The van der Waals surface area contributed by atoms with E-state index in [1.165, 1.54) is 12.1 Å². The molecular formula is C19H19ClN2O5S. The molecule has 28 heavy (non-hydrogen) atoms. The molecule has 2 aromatic rings. The lowest BCUT2D eigenvalue weighted by Crippen LogP contribution is -2.43. The maximum atomic E-state index is 12.3. The van der Waals surface area contributed by atoms with Gasteiger partial charge in [-0.05, 0) is 55.5 Å². The molecule has 1 aliphatic rings. The summed E-state index contributed by atoms with van der Waals surface area (Å²) >= 11 is 5.95.